The van der Waals surface area contributed by atoms with Crippen molar-refractivity contribution in [3.05, 3.63) is 24.3 Å². The van der Waals surface area contributed by atoms with Gasteiger partial charge in [-0.3, -0.25) is 14.2 Å². The Labute approximate surface area is 178 Å². The van der Waals surface area contributed by atoms with E-state index in [1.807, 2.05) is 18.2 Å². The third-order valence-corrected chi connectivity index (χ3v) is 5.59. The number of para-hydroxylation sites is 2. The predicted molar refractivity (Wildman–Crippen MR) is 116 cm³/mol. The van der Waals surface area contributed by atoms with E-state index in [4.69, 9.17) is 19.6 Å². The minimum Gasteiger partial charge on any atom is -0.491 e. The predicted octanol–water partition coefficient (Wildman–Crippen LogP) is 4.19. The Bertz CT molecular complexity index is 677. The number of ether oxygens (including phenoxy) is 1. The summed E-state index contributed by atoms with van der Waals surface area (Å²) >= 11 is 0. The van der Waals surface area contributed by atoms with E-state index in [1.54, 1.807) is 11.0 Å². The zero-order valence-electron chi connectivity index (χ0n) is 17.4. The zero-order valence-corrected chi connectivity index (χ0v) is 18.3. The fourth-order valence-electron chi connectivity index (χ4n) is 3.11. The molecule has 0 saturated heterocycles. The largest absolute Gasteiger partial charge is 0.491 e. The molecule has 170 valence electrons. The number of amides is 1. The van der Waals surface area contributed by atoms with Gasteiger partial charge in [-0.15, -0.1) is 0 Å². The van der Waals surface area contributed by atoms with Crippen molar-refractivity contribution in [2.45, 2.75) is 64.2 Å². The molecule has 8 nitrogen and oxygen atoms in total. The number of nitrogens with zero attached hydrogens (tertiary/aromatic N) is 1. The highest BCUT2D eigenvalue weighted by Gasteiger charge is 2.12. The van der Waals surface area contributed by atoms with Crippen LogP contribution in [0.2, 0.25) is 0 Å². The Morgan fingerprint density at radius 2 is 1.57 bits per heavy atom. The maximum atomic E-state index is 11.6. The lowest BCUT2D eigenvalue weighted by atomic mass is 10.1. The number of hydrogen-bond donors (Lipinski definition) is 3. The molecule has 9 heteroatoms. The van der Waals surface area contributed by atoms with E-state index in [0.29, 0.717) is 30.8 Å². The summed E-state index contributed by atoms with van der Waals surface area (Å²) in [5.41, 5.74) is 0.688. The lowest BCUT2D eigenvalue weighted by molar-refractivity contribution is -0.137. The van der Waals surface area contributed by atoms with Gasteiger partial charge in [0.15, 0.2) is 0 Å². The summed E-state index contributed by atoms with van der Waals surface area (Å²) in [6.45, 7) is 0.867. The van der Waals surface area contributed by atoms with E-state index >= 15 is 0 Å². The first-order valence-electron chi connectivity index (χ1n) is 10.5. The van der Waals surface area contributed by atoms with E-state index < -0.39 is 13.6 Å². The van der Waals surface area contributed by atoms with Gasteiger partial charge in [-0.1, -0.05) is 50.7 Å². The summed E-state index contributed by atoms with van der Waals surface area (Å²) in [6.07, 6.45) is 8.63. The number of hydrogen-bond acceptors (Lipinski definition) is 4. The molecule has 0 aliphatic heterocycles. The molecule has 0 radical (unpaired) electrons. The molecule has 0 aliphatic rings. The van der Waals surface area contributed by atoms with Crippen LogP contribution in [-0.4, -0.2) is 46.6 Å². The summed E-state index contributed by atoms with van der Waals surface area (Å²) in [5, 5.41) is 8.69. The fourth-order valence-corrected chi connectivity index (χ4v) is 3.75. The molecule has 1 amide bonds. The van der Waals surface area contributed by atoms with Crippen molar-refractivity contribution in [1.29, 1.82) is 0 Å². The van der Waals surface area contributed by atoms with Gasteiger partial charge in [-0.05, 0) is 31.4 Å². The standard InChI is InChI=1S/C21H34NO7P/c23-18-22(15-9-5-3-1-2-4-6-10-17-30(26,27)28)19-12-7-8-13-20(19)29-16-11-14-21(24)25/h7-8,12-13,18H,1-6,9-11,14-17H2,(H,24,25)(H2,26,27,28). The topological polar surface area (TPSA) is 124 Å². The van der Waals surface area contributed by atoms with Gasteiger partial charge in [0.2, 0.25) is 6.41 Å². The highest BCUT2D eigenvalue weighted by molar-refractivity contribution is 7.51. The van der Waals surface area contributed by atoms with Gasteiger partial charge >= 0.3 is 13.6 Å². The van der Waals surface area contributed by atoms with Gasteiger partial charge < -0.3 is 24.5 Å². The number of carbonyl (C=O) groups is 2. The van der Waals surface area contributed by atoms with Gasteiger partial charge in [-0.25, -0.2) is 0 Å². The van der Waals surface area contributed by atoms with Gasteiger partial charge in [0.25, 0.3) is 0 Å². The van der Waals surface area contributed by atoms with Crippen LogP contribution in [0, 0.1) is 0 Å². The average Bonchev–Trinajstić information content (AvgIpc) is 2.69. The van der Waals surface area contributed by atoms with Crippen molar-refractivity contribution in [1.82, 2.24) is 0 Å². The van der Waals surface area contributed by atoms with Crippen LogP contribution in [0.25, 0.3) is 0 Å². The van der Waals surface area contributed by atoms with E-state index in [2.05, 4.69) is 0 Å². The third-order valence-electron chi connectivity index (χ3n) is 4.69. The Hall–Kier alpha value is -1.89. The summed E-state index contributed by atoms with van der Waals surface area (Å²) in [5.74, 6) is -0.284. The van der Waals surface area contributed by atoms with Gasteiger partial charge in [0.1, 0.15) is 5.75 Å². The Morgan fingerprint density at radius 1 is 0.967 bits per heavy atom. The number of carboxylic acid groups (broad SMARTS) is 1. The molecule has 30 heavy (non-hydrogen) atoms. The maximum Gasteiger partial charge on any atom is 0.325 e. The Kier molecular flexibility index (Phi) is 13.1. The van der Waals surface area contributed by atoms with Crippen molar-refractivity contribution in [3.8, 4) is 5.75 Å². The van der Waals surface area contributed by atoms with Gasteiger partial charge in [-0.2, -0.15) is 0 Å². The second-order valence-corrected chi connectivity index (χ2v) is 9.11. The maximum absolute atomic E-state index is 11.6. The average molecular weight is 443 g/mol. The molecule has 0 heterocycles. The first-order valence-corrected chi connectivity index (χ1v) is 12.3. The second-order valence-electron chi connectivity index (χ2n) is 7.33. The molecular weight excluding hydrogens is 409 g/mol. The number of benzene rings is 1. The molecule has 0 aliphatic carbocycles. The van der Waals surface area contributed by atoms with Crippen LogP contribution in [-0.2, 0) is 14.2 Å². The first kappa shape index (κ1) is 26.1. The number of anilines is 1. The quantitative estimate of drug-likeness (QED) is 0.176. The number of unbranched alkanes of at least 4 members (excludes halogenated alkanes) is 7. The molecule has 0 bridgehead atoms. The first-order chi connectivity index (χ1) is 14.3. The van der Waals surface area contributed by atoms with Crippen LogP contribution in [0.3, 0.4) is 0 Å². The number of carbonyl (C=O) groups excluding carboxylic acids is 1. The monoisotopic (exact) mass is 443 g/mol. The molecule has 0 saturated carbocycles. The van der Waals surface area contributed by atoms with E-state index in [-0.39, 0.29) is 19.2 Å². The molecule has 0 fully saturated rings. The SMILES string of the molecule is O=CN(CCCCCCCCCCP(=O)(O)O)c1ccccc1OCCCC(=O)O. The number of aliphatic carboxylic acids is 1. The summed E-state index contributed by atoms with van der Waals surface area (Å²) in [4.78, 5) is 41.4. The van der Waals surface area contributed by atoms with Gasteiger partial charge in [0, 0.05) is 19.1 Å². The van der Waals surface area contributed by atoms with Crippen LogP contribution < -0.4 is 9.64 Å². The molecule has 0 atom stereocenters. The molecule has 0 aromatic heterocycles. The molecule has 0 spiro atoms. The van der Waals surface area contributed by atoms with Crippen LogP contribution in [0.15, 0.2) is 24.3 Å². The second kappa shape index (κ2) is 15.0. The molecule has 0 unspecified atom stereocenters. The van der Waals surface area contributed by atoms with Crippen LogP contribution >= 0.6 is 7.60 Å². The highest BCUT2D eigenvalue weighted by Crippen LogP contribution is 2.35. The minimum absolute atomic E-state index is 0.0285. The van der Waals surface area contributed by atoms with E-state index in [0.717, 1.165) is 51.4 Å². The van der Waals surface area contributed by atoms with Crippen molar-refractivity contribution in [3.63, 3.8) is 0 Å². The number of rotatable bonds is 18. The van der Waals surface area contributed by atoms with E-state index in [9.17, 15) is 14.2 Å². The van der Waals surface area contributed by atoms with Crippen molar-refractivity contribution in [2.75, 3.05) is 24.2 Å². The number of carboxylic acids is 1. The summed E-state index contributed by atoms with van der Waals surface area (Å²) in [7, 11) is -3.86. The summed E-state index contributed by atoms with van der Waals surface area (Å²) < 4.78 is 16.4. The Morgan fingerprint density at radius 3 is 2.17 bits per heavy atom. The zero-order chi connectivity index (χ0) is 22.2. The van der Waals surface area contributed by atoms with Crippen LogP contribution in [0.1, 0.15) is 64.2 Å². The minimum atomic E-state index is -3.86. The van der Waals surface area contributed by atoms with Gasteiger partial charge in [0.05, 0.1) is 12.3 Å². The molecule has 1 aromatic carbocycles. The molecular formula is C21H34NO7P. The highest BCUT2D eigenvalue weighted by atomic mass is 31.2. The van der Waals surface area contributed by atoms with Crippen molar-refractivity contribution < 1.29 is 33.8 Å². The molecule has 3 N–H and O–H groups in total. The van der Waals surface area contributed by atoms with Crippen LogP contribution in [0.4, 0.5) is 5.69 Å². The lowest BCUT2D eigenvalue weighted by Gasteiger charge is -2.20. The van der Waals surface area contributed by atoms with Crippen LogP contribution in [0.5, 0.6) is 5.75 Å². The fraction of sp³-hybridized carbons (Fsp3) is 0.619. The Balaban J connectivity index is 2.25. The lowest BCUT2D eigenvalue weighted by Crippen LogP contribution is -2.23. The smallest absolute Gasteiger partial charge is 0.325 e. The third kappa shape index (κ3) is 12.6. The van der Waals surface area contributed by atoms with E-state index in [1.165, 1.54) is 0 Å². The van der Waals surface area contributed by atoms with Crippen molar-refractivity contribution in [2.24, 2.45) is 0 Å². The molecule has 1 aromatic rings. The summed E-state index contributed by atoms with van der Waals surface area (Å²) in [6, 6.07) is 7.25. The molecule has 1 rings (SSSR count). The normalized spacial score (nSPS) is 11.3. The van der Waals surface area contributed by atoms with Crippen molar-refractivity contribution >= 4 is 25.7 Å².